The van der Waals surface area contributed by atoms with E-state index in [1.807, 2.05) is 6.07 Å². The lowest BCUT2D eigenvalue weighted by Crippen LogP contribution is -2.28. The highest BCUT2D eigenvalue weighted by Gasteiger charge is 2.10. The first-order valence-electron chi connectivity index (χ1n) is 6.31. The molecule has 0 bridgehead atoms. The van der Waals surface area contributed by atoms with Crippen LogP contribution in [0, 0.1) is 0 Å². The topological polar surface area (TPSA) is 91.4 Å². The van der Waals surface area contributed by atoms with E-state index in [0.717, 1.165) is 0 Å². The fourth-order valence-corrected chi connectivity index (χ4v) is 1.89. The maximum atomic E-state index is 12.1. The van der Waals surface area contributed by atoms with Gasteiger partial charge < -0.3 is 20.1 Å². The molecular weight excluding hydrogens is 260 g/mol. The number of carbonyl (C=O) groups is 1. The molecule has 0 fully saturated rings. The van der Waals surface area contributed by atoms with Gasteiger partial charge in [-0.25, -0.2) is 0 Å². The zero-order valence-electron chi connectivity index (χ0n) is 10.9. The third-order valence-electron chi connectivity index (χ3n) is 2.76. The van der Waals surface area contributed by atoms with Crippen LogP contribution in [0.5, 0.6) is 0 Å². The number of carbonyl (C=O) groups excluding carboxylic acids is 1. The lowest BCUT2D eigenvalue weighted by atomic mass is 10.1. The minimum atomic E-state index is -0.320. The molecule has 0 atom stereocenters. The normalized spacial score (nSPS) is 10.7. The fraction of sp³-hybridized carbons (Fsp3) is 0.286. The minimum Gasteiger partial charge on any atom is -0.394 e. The van der Waals surface area contributed by atoms with Crippen molar-refractivity contribution in [2.45, 2.75) is 0 Å². The lowest BCUT2D eigenvalue weighted by Gasteiger charge is -2.08. The summed E-state index contributed by atoms with van der Waals surface area (Å²) < 4.78 is 5.05. The molecule has 3 N–H and O–H groups in total. The average molecular weight is 276 g/mol. The van der Waals surface area contributed by atoms with Crippen molar-refractivity contribution in [2.24, 2.45) is 0 Å². The molecule has 6 heteroatoms. The Hall–Kier alpha value is -2.18. The highest BCUT2D eigenvalue weighted by molar-refractivity contribution is 6.05. The van der Waals surface area contributed by atoms with Crippen LogP contribution in [0.1, 0.15) is 10.4 Å². The number of hydrogen-bond acceptors (Lipinski definition) is 4. The molecule has 2 aromatic rings. The number of benzene rings is 1. The summed E-state index contributed by atoms with van der Waals surface area (Å²) in [6.45, 7) is 0.823. The van der Waals surface area contributed by atoms with E-state index in [9.17, 15) is 9.59 Å². The molecule has 0 aliphatic carbocycles. The molecule has 0 aliphatic heterocycles. The van der Waals surface area contributed by atoms with Crippen molar-refractivity contribution < 1.29 is 14.6 Å². The van der Waals surface area contributed by atoms with E-state index in [0.29, 0.717) is 29.6 Å². The van der Waals surface area contributed by atoms with Crippen LogP contribution in [-0.4, -0.2) is 42.4 Å². The second-order valence-corrected chi connectivity index (χ2v) is 4.18. The van der Waals surface area contributed by atoms with Crippen LogP contribution in [-0.2, 0) is 4.74 Å². The Morgan fingerprint density at radius 1 is 1.30 bits per heavy atom. The van der Waals surface area contributed by atoms with E-state index in [-0.39, 0.29) is 24.7 Å². The third-order valence-corrected chi connectivity index (χ3v) is 2.76. The highest BCUT2D eigenvalue weighted by Crippen LogP contribution is 2.14. The molecular formula is C14H16N2O4. The Labute approximate surface area is 115 Å². The van der Waals surface area contributed by atoms with Crippen molar-refractivity contribution in [3.63, 3.8) is 0 Å². The molecule has 0 saturated carbocycles. The molecule has 0 aliphatic rings. The second-order valence-electron chi connectivity index (χ2n) is 4.18. The first-order chi connectivity index (χ1) is 9.72. The second kappa shape index (κ2) is 6.83. The monoisotopic (exact) mass is 276 g/mol. The molecule has 0 radical (unpaired) electrons. The summed E-state index contributed by atoms with van der Waals surface area (Å²) >= 11 is 0. The maximum Gasteiger partial charge on any atom is 0.252 e. The summed E-state index contributed by atoms with van der Waals surface area (Å²) in [7, 11) is 0. The van der Waals surface area contributed by atoms with Gasteiger partial charge in [-0.15, -0.1) is 0 Å². The Morgan fingerprint density at radius 2 is 2.10 bits per heavy atom. The van der Waals surface area contributed by atoms with Gasteiger partial charge in [-0.1, -0.05) is 18.2 Å². The summed E-state index contributed by atoms with van der Waals surface area (Å²) in [5.74, 6) is -0.320. The van der Waals surface area contributed by atoms with Crippen LogP contribution in [0.3, 0.4) is 0 Å². The van der Waals surface area contributed by atoms with Crippen molar-refractivity contribution in [3.05, 3.63) is 46.2 Å². The summed E-state index contributed by atoms with van der Waals surface area (Å²) in [6.07, 6.45) is 0. The molecule has 0 unspecified atom stereocenters. The lowest BCUT2D eigenvalue weighted by molar-refractivity contribution is 0.0839. The SMILES string of the molecule is O=C(NCCOCCO)c1cc(=O)[nH]c2ccccc12. The van der Waals surface area contributed by atoms with Crippen molar-refractivity contribution in [2.75, 3.05) is 26.4 Å². The van der Waals surface area contributed by atoms with Crippen LogP contribution >= 0.6 is 0 Å². The van der Waals surface area contributed by atoms with Gasteiger partial charge in [0.15, 0.2) is 0 Å². The number of ether oxygens (including phenoxy) is 1. The molecule has 1 heterocycles. The largest absolute Gasteiger partial charge is 0.394 e. The van der Waals surface area contributed by atoms with Crippen LogP contribution in [0.4, 0.5) is 0 Å². The van der Waals surface area contributed by atoms with Gasteiger partial charge in [0, 0.05) is 23.5 Å². The van der Waals surface area contributed by atoms with Crippen molar-refractivity contribution in [1.29, 1.82) is 0 Å². The number of aromatic amines is 1. The number of aliphatic hydroxyl groups excluding tert-OH is 1. The van der Waals surface area contributed by atoms with Gasteiger partial charge in [0.25, 0.3) is 5.91 Å². The smallest absolute Gasteiger partial charge is 0.252 e. The Bertz CT molecular complexity index is 651. The van der Waals surface area contributed by atoms with Gasteiger partial charge in [-0.2, -0.15) is 0 Å². The molecule has 1 amide bonds. The summed E-state index contributed by atoms with van der Waals surface area (Å²) in [5, 5.41) is 11.9. The predicted octanol–water partition coefficient (Wildman–Crippen LogP) is 0.267. The van der Waals surface area contributed by atoms with Crippen LogP contribution < -0.4 is 10.9 Å². The molecule has 1 aromatic carbocycles. The molecule has 0 saturated heterocycles. The quantitative estimate of drug-likeness (QED) is 0.660. The van der Waals surface area contributed by atoms with Crippen molar-refractivity contribution in [3.8, 4) is 0 Å². The van der Waals surface area contributed by atoms with E-state index in [1.165, 1.54) is 6.07 Å². The number of fused-ring (bicyclic) bond motifs is 1. The van der Waals surface area contributed by atoms with Gasteiger partial charge >= 0.3 is 0 Å². The fourth-order valence-electron chi connectivity index (χ4n) is 1.89. The van der Waals surface area contributed by atoms with Gasteiger partial charge in [0.2, 0.25) is 5.56 Å². The molecule has 2 rings (SSSR count). The van der Waals surface area contributed by atoms with E-state index in [4.69, 9.17) is 9.84 Å². The van der Waals surface area contributed by atoms with Crippen molar-refractivity contribution >= 4 is 16.8 Å². The number of hydrogen-bond donors (Lipinski definition) is 3. The summed E-state index contributed by atoms with van der Waals surface area (Å²) in [6, 6.07) is 8.41. The minimum absolute atomic E-state index is 0.0490. The average Bonchev–Trinajstić information content (AvgIpc) is 2.46. The molecule has 0 spiro atoms. The van der Waals surface area contributed by atoms with E-state index in [2.05, 4.69) is 10.3 Å². The number of rotatable bonds is 6. The molecule has 106 valence electrons. The Balaban J connectivity index is 2.11. The molecule has 6 nitrogen and oxygen atoms in total. The van der Waals surface area contributed by atoms with E-state index >= 15 is 0 Å². The molecule has 20 heavy (non-hydrogen) atoms. The number of pyridine rings is 1. The summed E-state index contributed by atoms with van der Waals surface area (Å²) in [4.78, 5) is 26.3. The zero-order valence-corrected chi connectivity index (χ0v) is 10.9. The number of para-hydroxylation sites is 1. The summed E-state index contributed by atoms with van der Waals surface area (Å²) in [5.41, 5.74) is 0.651. The first-order valence-corrected chi connectivity index (χ1v) is 6.31. The zero-order chi connectivity index (χ0) is 14.4. The first kappa shape index (κ1) is 14.2. The van der Waals surface area contributed by atoms with E-state index < -0.39 is 0 Å². The van der Waals surface area contributed by atoms with Crippen LogP contribution in [0.2, 0.25) is 0 Å². The number of aromatic nitrogens is 1. The standard InChI is InChI=1S/C14H16N2O4/c17-6-8-20-7-5-15-14(19)11-9-13(18)16-12-4-2-1-3-10(11)12/h1-4,9,17H,5-8H2,(H,15,19)(H,16,18). The highest BCUT2D eigenvalue weighted by atomic mass is 16.5. The number of nitrogens with one attached hydrogen (secondary N) is 2. The van der Waals surface area contributed by atoms with E-state index in [1.54, 1.807) is 18.2 Å². The maximum absolute atomic E-state index is 12.1. The predicted molar refractivity (Wildman–Crippen MR) is 74.8 cm³/mol. The van der Waals surface area contributed by atoms with Crippen molar-refractivity contribution in [1.82, 2.24) is 10.3 Å². The Morgan fingerprint density at radius 3 is 2.90 bits per heavy atom. The van der Waals surface area contributed by atoms with Gasteiger partial charge in [0.05, 0.1) is 25.4 Å². The number of amides is 1. The molecule has 1 aromatic heterocycles. The number of aliphatic hydroxyl groups is 1. The third kappa shape index (κ3) is 3.43. The Kier molecular flexibility index (Phi) is 4.86. The number of H-pyrrole nitrogens is 1. The van der Waals surface area contributed by atoms with Crippen LogP contribution in [0.25, 0.3) is 10.9 Å². The van der Waals surface area contributed by atoms with Gasteiger partial charge in [-0.05, 0) is 6.07 Å². The van der Waals surface area contributed by atoms with Gasteiger partial charge in [-0.3, -0.25) is 9.59 Å². The van der Waals surface area contributed by atoms with Crippen LogP contribution in [0.15, 0.2) is 35.1 Å². The van der Waals surface area contributed by atoms with Gasteiger partial charge in [0.1, 0.15) is 0 Å².